The molecule has 0 radical (unpaired) electrons. The number of hydrogen-bond acceptors (Lipinski definition) is 7. The number of benzene rings is 2. The van der Waals surface area contributed by atoms with Crippen molar-refractivity contribution in [1.29, 1.82) is 0 Å². The molecule has 0 aliphatic rings. The molecule has 10 heteroatoms. The van der Waals surface area contributed by atoms with E-state index in [0.717, 1.165) is 0 Å². The number of hydrogen-bond donors (Lipinski definition) is 4. The molecule has 0 spiro atoms. The maximum atomic E-state index is 12.1. The van der Waals surface area contributed by atoms with Gasteiger partial charge in [-0.1, -0.05) is 0 Å². The zero-order valence-corrected chi connectivity index (χ0v) is 13.6. The van der Waals surface area contributed by atoms with E-state index in [1.807, 2.05) is 0 Å². The smallest absolute Gasteiger partial charge is 0.308 e. The number of carbonyl (C=O) groups is 2. The van der Waals surface area contributed by atoms with Crippen LogP contribution < -0.4 is 10.1 Å². The first-order valence-corrected chi connectivity index (χ1v) is 8.15. The van der Waals surface area contributed by atoms with Crippen molar-refractivity contribution in [2.75, 3.05) is 5.32 Å². The number of esters is 1. The molecule has 0 saturated heterocycles. The van der Waals surface area contributed by atoms with E-state index < -0.39 is 44.0 Å². The molecule has 9 nitrogen and oxygen atoms in total. The number of ether oxygens (including phenoxy) is 1. The highest BCUT2D eigenvalue weighted by atomic mass is 32.2. The summed E-state index contributed by atoms with van der Waals surface area (Å²) < 4.78 is 35.8. The highest BCUT2D eigenvalue weighted by Crippen LogP contribution is 2.31. The van der Waals surface area contributed by atoms with Gasteiger partial charge in [-0.05, 0) is 30.3 Å². The first kappa shape index (κ1) is 18.2. The molecule has 0 aliphatic carbocycles. The van der Waals surface area contributed by atoms with Gasteiger partial charge in [0.2, 0.25) is 0 Å². The van der Waals surface area contributed by atoms with Crippen molar-refractivity contribution >= 4 is 27.7 Å². The Labute approximate surface area is 142 Å². The number of carbonyl (C=O) groups excluding carboxylic acids is 2. The molecule has 2 aromatic rings. The Morgan fingerprint density at radius 3 is 2.16 bits per heavy atom. The summed E-state index contributed by atoms with van der Waals surface area (Å²) in [4.78, 5) is 22.0. The third-order valence-electron chi connectivity index (χ3n) is 2.97. The van der Waals surface area contributed by atoms with E-state index in [9.17, 15) is 28.2 Å². The number of aromatic hydroxyl groups is 2. The van der Waals surface area contributed by atoms with Crippen LogP contribution in [0.3, 0.4) is 0 Å². The number of phenols is 2. The standard InChI is InChI=1S/C15H13NO8S/c1-8(17)24-10-4-2-9(3-5-10)16-15(20)11-6-13(19)14(7-12(11)18)25(21,22)23/h2-7,18-19H,1H3,(H,16,20)(H,21,22,23). The van der Waals surface area contributed by atoms with E-state index in [2.05, 4.69) is 5.32 Å². The fourth-order valence-corrected chi connectivity index (χ4v) is 2.50. The average molecular weight is 367 g/mol. The van der Waals surface area contributed by atoms with Gasteiger partial charge >= 0.3 is 5.97 Å². The molecule has 0 atom stereocenters. The lowest BCUT2D eigenvalue weighted by Crippen LogP contribution is -2.13. The summed E-state index contributed by atoms with van der Waals surface area (Å²) >= 11 is 0. The minimum atomic E-state index is -4.76. The molecule has 0 saturated carbocycles. The zero-order chi connectivity index (χ0) is 18.8. The summed E-state index contributed by atoms with van der Waals surface area (Å²) in [7, 11) is -4.76. The molecule has 2 aromatic carbocycles. The van der Waals surface area contributed by atoms with E-state index in [1.54, 1.807) is 0 Å². The molecular weight excluding hydrogens is 354 g/mol. The molecule has 132 valence electrons. The summed E-state index contributed by atoms with van der Waals surface area (Å²) in [5, 5.41) is 21.8. The minimum absolute atomic E-state index is 0.267. The number of phenolic OH excluding ortho intramolecular Hbond substituents is 2. The topological polar surface area (TPSA) is 150 Å². The molecule has 0 fully saturated rings. The number of nitrogens with one attached hydrogen (secondary N) is 1. The van der Waals surface area contributed by atoms with Gasteiger partial charge in [0.1, 0.15) is 22.1 Å². The Kier molecular flexibility index (Phi) is 4.95. The van der Waals surface area contributed by atoms with Crippen molar-refractivity contribution in [3.8, 4) is 17.2 Å². The van der Waals surface area contributed by atoms with Gasteiger partial charge in [0.25, 0.3) is 16.0 Å². The molecule has 0 aromatic heterocycles. The van der Waals surface area contributed by atoms with Crippen LogP contribution in [0.2, 0.25) is 0 Å². The molecular formula is C15H13NO8S. The SMILES string of the molecule is CC(=O)Oc1ccc(NC(=O)c2cc(O)c(S(=O)(=O)O)cc2O)cc1. The van der Waals surface area contributed by atoms with Crippen molar-refractivity contribution in [2.45, 2.75) is 11.8 Å². The van der Waals surface area contributed by atoms with Crippen LogP contribution in [0.5, 0.6) is 17.2 Å². The summed E-state index contributed by atoms with van der Waals surface area (Å²) in [5.41, 5.74) is -0.118. The second-order valence-electron chi connectivity index (χ2n) is 4.88. The van der Waals surface area contributed by atoms with Crippen LogP contribution in [-0.2, 0) is 14.9 Å². The quantitative estimate of drug-likeness (QED) is 0.275. The molecule has 0 aliphatic heterocycles. The van der Waals surface area contributed by atoms with Crippen LogP contribution in [0.4, 0.5) is 5.69 Å². The van der Waals surface area contributed by atoms with Crippen LogP contribution in [0.15, 0.2) is 41.3 Å². The Hall–Kier alpha value is -3.11. The first-order valence-electron chi connectivity index (χ1n) is 6.71. The minimum Gasteiger partial charge on any atom is -0.507 e. The van der Waals surface area contributed by atoms with Gasteiger partial charge in [-0.3, -0.25) is 14.1 Å². The molecule has 4 N–H and O–H groups in total. The van der Waals surface area contributed by atoms with Crippen LogP contribution in [0, 0.1) is 0 Å². The lowest BCUT2D eigenvalue weighted by molar-refractivity contribution is -0.131. The average Bonchev–Trinajstić information content (AvgIpc) is 2.49. The lowest BCUT2D eigenvalue weighted by Gasteiger charge is -2.10. The Bertz CT molecular complexity index is 935. The van der Waals surface area contributed by atoms with Gasteiger partial charge in [-0.2, -0.15) is 8.42 Å². The van der Waals surface area contributed by atoms with Crippen LogP contribution in [-0.4, -0.2) is 35.1 Å². The summed E-state index contributed by atoms with van der Waals surface area (Å²) in [6.07, 6.45) is 0. The predicted octanol–water partition coefficient (Wildman–Crippen LogP) is 1.52. The maximum Gasteiger partial charge on any atom is 0.308 e. The van der Waals surface area contributed by atoms with Crippen LogP contribution in [0.1, 0.15) is 17.3 Å². The van der Waals surface area contributed by atoms with E-state index in [1.165, 1.54) is 31.2 Å². The van der Waals surface area contributed by atoms with E-state index in [0.29, 0.717) is 17.8 Å². The van der Waals surface area contributed by atoms with Gasteiger partial charge in [0.15, 0.2) is 0 Å². The normalized spacial score (nSPS) is 11.0. The third-order valence-corrected chi connectivity index (χ3v) is 3.86. The summed E-state index contributed by atoms with van der Waals surface area (Å²) in [6.45, 7) is 1.24. The third kappa shape index (κ3) is 4.46. The maximum absolute atomic E-state index is 12.1. The van der Waals surface area contributed by atoms with E-state index >= 15 is 0 Å². The number of anilines is 1. The van der Waals surface area contributed by atoms with Gasteiger partial charge in [-0.15, -0.1) is 0 Å². The molecule has 0 unspecified atom stereocenters. The van der Waals surface area contributed by atoms with Crippen molar-refractivity contribution in [1.82, 2.24) is 0 Å². The Morgan fingerprint density at radius 1 is 1.04 bits per heavy atom. The summed E-state index contributed by atoms with van der Waals surface area (Å²) in [6, 6.07) is 6.98. The second kappa shape index (κ2) is 6.79. The van der Waals surface area contributed by atoms with E-state index in [4.69, 9.17) is 9.29 Å². The van der Waals surface area contributed by atoms with Crippen molar-refractivity contribution < 1.29 is 37.5 Å². The molecule has 0 heterocycles. The van der Waals surface area contributed by atoms with Crippen LogP contribution in [0.25, 0.3) is 0 Å². The zero-order valence-electron chi connectivity index (χ0n) is 12.8. The highest BCUT2D eigenvalue weighted by molar-refractivity contribution is 7.86. The molecule has 0 bridgehead atoms. The van der Waals surface area contributed by atoms with Crippen molar-refractivity contribution in [2.24, 2.45) is 0 Å². The van der Waals surface area contributed by atoms with Gasteiger partial charge in [-0.25, -0.2) is 0 Å². The molecule has 25 heavy (non-hydrogen) atoms. The largest absolute Gasteiger partial charge is 0.507 e. The highest BCUT2D eigenvalue weighted by Gasteiger charge is 2.21. The van der Waals surface area contributed by atoms with Crippen LogP contribution >= 0.6 is 0 Å². The first-order chi connectivity index (χ1) is 11.6. The molecule has 2 rings (SSSR count). The van der Waals surface area contributed by atoms with Crippen molar-refractivity contribution in [3.63, 3.8) is 0 Å². The van der Waals surface area contributed by atoms with E-state index in [-0.39, 0.29) is 5.75 Å². The fraction of sp³-hybridized carbons (Fsp3) is 0.0667. The Morgan fingerprint density at radius 2 is 1.64 bits per heavy atom. The fourth-order valence-electron chi connectivity index (χ4n) is 1.92. The summed E-state index contributed by atoms with van der Waals surface area (Å²) in [5.74, 6) is -2.72. The predicted molar refractivity (Wildman–Crippen MR) is 85.3 cm³/mol. The van der Waals surface area contributed by atoms with Gasteiger partial charge in [0, 0.05) is 18.7 Å². The molecule has 1 amide bonds. The Balaban J connectivity index is 2.24. The van der Waals surface area contributed by atoms with Crippen molar-refractivity contribution in [3.05, 3.63) is 42.0 Å². The number of rotatable bonds is 4. The van der Waals surface area contributed by atoms with Gasteiger partial charge < -0.3 is 20.3 Å². The lowest BCUT2D eigenvalue weighted by atomic mass is 10.1. The van der Waals surface area contributed by atoms with Gasteiger partial charge in [0.05, 0.1) is 5.56 Å². The number of amides is 1. The second-order valence-corrected chi connectivity index (χ2v) is 6.27. The monoisotopic (exact) mass is 367 g/mol.